The second-order valence-corrected chi connectivity index (χ2v) is 6.69. The van der Waals surface area contributed by atoms with Gasteiger partial charge in [0.25, 0.3) is 0 Å². The van der Waals surface area contributed by atoms with E-state index in [1.807, 2.05) is 0 Å². The summed E-state index contributed by atoms with van der Waals surface area (Å²) in [7, 11) is -0.965. The van der Waals surface area contributed by atoms with Crippen LogP contribution in [0, 0.1) is 5.92 Å². The predicted octanol–water partition coefficient (Wildman–Crippen LogP) is 1.10. The van der Waals surface area contributed by atoms with E-state index in [0.29, 0.717) is 5.06 Å². The normalized spacial score (nSPS) is 13.6. The minimum absolute atomic E-state index is 0.0649. The Balaban J connectivity index is 2.97. The Morgan fingerprint density at radius 2 is 2.22 bits per heavy atom. The zero-order valence-corrected chi connectivity index (χ0v) is 11.9. The molecule has 1 N–H and O–H groups in total. The summed E-state index contributed by atoms with van der Waals surface area (Å²) in [6.45, 7) is 1.37. The zero-order chi connectivity index (χ0) is 13.9. The van der Waals surface area contributed by atoms with Crippen molar-refractivity contribution in [2.45, 2.75) is 11.8 Å². The summed E-state index contributed by atoms with van der Waals surface area (Å²) in [6, 6.07) is 1.45. The van der Waals surface area contributed by atoms with E-state index in [9.17, 15) is 13.2 Å². The third kappa shape index (κ3) is 3.01. The topological polar surface area (TPSA) is 83.9 Å². The van der Waals surface area contributed by atoms with Gasteiger partial charge in [-0.25, -0.2) is 8.42 Å². The largest absolute Gasteiger partial charge is 0.486 e. The Bertz CT molecular complexity index is 522. The summed E-state index contributed by atoms with van der Waals surface area (Å²) in [5.41, 5.74) is 0. The number of carbonyl (C=O) groups is 1. The van der Waals surface area contributed by atoms with Crippen LogP contribution in [0.5, 0.6) is 5.06 Å². The highest BCUT2D eigenvalue weighted by Crippen LogP contribution is 2.31. The van der Waals surface area contributed by atoms with Gasteiger partial charge >= 0.3 is 5.97 Å². The van der Waals surface area contributed by atoms with Crippen molar-refractivity contribution in [2.75, 3.05) is 20.7 Å². The van der Waals surface area contributed by atoms with Gasteiger partial charge in [-0.05, 0) is 11.4 Å². The van der Waals surface area contributed by atoms with E-state index >= 15 is 0 Å². The molecule has 0 bridgehead atoms. The molecule has 0 aromatic carbocycles. The van der Waals surface area contributed by atoms with E-state index in [2.05, 4.69) is 0 Å². The van der Waals surface area contributed by atoms with Crippen molar-refractivity contribution in [1.82, 2.24) is 4.31 Å². The lowest BCUT2D eigenvalue weighted by molar-refractivity contribution is -0.141. The number of methoxy groups -OCH3 is 1. The van der Waals surface area contributed by atoms with Crippen molar-refractivity contribution < 1.29 is 23.1 Å². The monoisotopic (exact) mass is 293 g/mol. The van der Waals surface area contributed by atoms with E-state index < -0.39 is 21.9 Å². The number of aliphatic carboxylic acids is 1. The molecule has 0 aliphatic carbocycles. The molecular weight excluding hydrogens is 278 g/mol. The molecule has 0 saturated carbocycles. The average molecular weight is 293 g/mol. The highest BCUT2D eigenvalue weighted by atomic mass is 32.2. The summed E-state index contributed by atoms with van der Waals surface area (Å²) < 4.78 is 30.4. The van der Waals surface area contributed by atoms with Crippen LogP contribution in [0.2, 0.25) is 0 Å². The van der Waals surface area contributed by atoms with Gasteiger partial charge in [0.2, 0.25) is 10.0 Å². The average Bonchev–Trinajstić information content (AvgIpc) is 2.77. The van der Waals surface area contributed by atoms with Gasteiger partial charge in [0.1, 0.15) is 4.90 Å². The summed E-state index contributed by atoms with van der Waals surface area (Å²) >= 11 is 1.17. The molecule has 1 unspecified atom stereocenters. The first-order valence-corrected chi connectivity index (χ1v) is 7.43. The highest BCUT2D eigenvalue weighted by molar-refractivity contribution is 7.89. The number of carboxylic acid groups (broad SMARTS) is 1. The van der Waals surface area contributed by atoms with Gasteiger partial charge in [-0.15, -0.1) is 11.3 Å². The summed E-state index contributed by atoms with van der Waals surface area (Å²) in [5.74, 6) is -1.80. The van der Waals surface area contributed by atoms with Crippen LogP contribution in [0.25, 0.3) is 0 Å². The summed E-state index contributed by atoms with van der Waals surface area (Å²) in [4.78, 5) is 10.8. The van der Waals surface area contributed by atoms with Gasteiger partial charge < -0.3 is 9.84 Å². The predicted molar refractivity (Wildman–Crippen MR) is 67.5 cm³/mol. The standard InChI is InChI=1S/C10H15NO5S2/c1-7(9(12)13)6-11(2)18(14,15)8-4-5-17-10(8)16-3/h4-5,7H,6H2,1-3H3,(H,12,13). The number of rotatable bonds is 6. The molecule has 0 radical (unpaired) electrons. The molecule has 0 amide bonds. The van der Waals surface area contributed by atoms with Crippen LogP contribution in [-0.2, 0) is 14.8 Å². The lowest BCUT2D eigenvalue weighted by atomic mass is 10.2. The van der Waals surface area contributed by atoms with Gasteiger partial charge in [-0.2, -0.15) is 4.31 Å². The third-order valence-electron chi connectivity index (χ3n) is 2.42. The molecule has 6 nitrogen and oxygen atoms in total. The fourth-order valence-corrected chi connectivity index (χ4v) is 3.80. The van der Waals surface area contributed by atoms with Crippen LogP contribution in [0.4, 0.5) is 0 Å². The first-order valence-electron chi connectivity index (χ1n) is 5.11. The van der Waals surface area contributed by atoms with Gasteiger partial charge in [0.15, 0.2) is 5.06 Å². The minimum Gasteiger partial charge on any atom is -0.486 e. The van der Waals surface area contributed by atoms with Crippen LogP contribution in [0.1, 0.15) is 6.92 Å². The van der Waals surface area contributed by atoms with Gasteiger partial charge in [0.05, 0.1) is 13.0 Å². The number of nitrogens with zero attached hydrogens (tertiary/aromatic N) is 1. The number of carboxylic acids is 1. The second-order valence-electron chi connectivity index (χ2n) is 3.80. The van der Waals surface area contributed by atoms with Gasteiger partial charge in [-0.3, -0.25) is 4.79 Å². The van der Waals surface area contributed by atoms with Gasteiger partial charge in [0, 0.05) is 13.6 Å². The van der Waals surface area contributed by atoms with Crippen LogP contribution >= 0.6 is 11.3 Å². The van der Waals surface area contributed by atoms with Crippen LogP contribution < -0.4 is 4.74 Å². The molecule has 102 valence electrons. The number of thiophene rings is 1. The van der Waals surface area contributed by atoms with E-state index in [0.717, 1.165) is 4.31 Å². The maximum absolute atomic E-state index is 12.2. The Morgan fingerprint density at radius 1 is 1.61 bits per heavy atom. The second kappa shape index (κ2) is 5.68. The highest BCUT2D eigenvalue weighted by Gasteiger charge is 2.28. The molecule has 1 atom stereocenters. The maximum Gasteiger partial charge on any atom is 0.307 e. The van der Waals surface area contributed by atoms with Crippen molar-refractivity contribution >= 4 is 27.3 Å². The first kappa shape index (κ1) is 14.9. The van der Waals surface area contributed by atoms with Gasteiger partial charge in [-0.1, -0.05) is 6.92 Å². The Labute approximate surface area is 110 Å². The molecule has 0 fully saturated rings. The molecule has 1 heterocycles. The molecule has 1 rings (SSSR count). The molecule has 0 saturated heterocycles. The Hall–Kier alpha value is -1.12. The molecule has 8 heteroatoms. The van der Waals surface area contributed by atoms with E-state index in [1.54, 1.807) is 5.38 Å². The Kier molecular flexibility index (Phi) is 4.71. The summed E-state index contributed by atoms with van der Waals surface area (Å²) in [5, 5.41) is 10.7. The molecule has 0 aliphatic heterocycles. The lowest BCUT2D eigenvalue weighted by Gasteiger charge is -2.19. The quantitative estimate of drug-likeness (QED) is 0.849. The third-order valence-corrected chi connectivity index (χ3v) is 5.27. The Morgan fingerprint density at radius 3 is 2.72 bits per heavy atom. The smallest absolute Gasteiger partial charge is 0.307 e. The minimum atomic E-state index is -3.71. The van der Waals surface area contributed by atoms with E-state index in [1.165, 1.54) is 38.5 Å². The fourth-order valence-electron chi connectivity index (χ4n) is 1.35. The SMILES string of the molecule is COc1sccc1S(=O)(=O)N(C)CC(C)C(=O)O. The fraction of sp³-hybridized carbons (Fsp3) is 0.500. The number of hydrogen-bond donors (Lipinski definition) is 1. The molecule has 1 aromatic heterocycles. The molecule has 18 heavy (non-hydrogen) atoms. The molecule has 0 aliphatic rings. The van der Waals surface area contributed by atoms with Crippen molar-refractivity contribution in [2.24, 2.45) is 5.92 Å². The molecule has 0 spiro atoms. The van der Waals surface area contributed by atoms with Crippen molar-refractivity contribution in [3.63, 3.8) is 0 Å². The van der Waals surface area contributed by atoms with E-state index in [4.69, 9.17) is 9.84 Å². The van der Waals surface area contributed by atoms with Crippen molar-refractivity contribution in [1.29, 1.82) is 0 Å². The van der Waals surface area contributed by atoms with E-state index in [-0.39, 0.29) is 11.4 Å². The molecule has 1 aromatic rings. The summed E-state index contributed by atoms with van der Waals surface area (Å²) in [6.07, 6.45) is 0. The number of ether oxygens (including phenoxy) is 1. The van der Waals surface area contributed by atoms with Crippen molar-refractivity contribution in [3.8, 4) is 5.06 Å². The lowest BCUT2D eigenvalue weighted by Crippen LogP contribution is -2.33. The number of sulfonamides is 1. The van der Waals surface area contributed by atoms with Crippen LogP contribution in [0.15, 0.2) is 16.3 Å². The molecular formula is C10H15NO5S2. The van der Waals surface area contributed by atoms with Crippen LogP contribution in [0.3, 0.4) is 0 Å². The number of hydrogen-bond acceptors (Lipinski definition) is 5. The van der Waals surface area contributed by atoms with Crippen LogP contribution in [-0.4, -0.2) is 44.5 Å². The first-order chi connectivity index (χ1) is 8.30. The zero-order valence-electron chi connectivity index (χ0n) is 10.3. The van der Waals surface area contributed by atoms with Crippen molar-refractivity contribution in [3.05, 3.63) is 11.4 Å². The maximum atomic E-state index is 12.2.